The third kappa shape index (κ3) is 2.65. The second-order valence-corrected chi connectivity index (χ2v) is 6.98. The molecule has 0 amide bonds. The van der Waals surface area contributed by atoms with Gasteiger partial charge in [0.05, 0.1) is 4.88 Å². The van der Waals surface area contributed by atoms with Gasteiger partial charge in [-0.25, -0.2) is 9.97 Å². The third-order valence-electron chi connectivity index (χ3n) is 4.50. The average molecular weight is 328 g/mol. The second kappa shape index (κ2) is 5.81. The Hall–Kier alpha value is -2.15. The Morgan fingerprint density at radius 2 is 2.30 bits per heavy atom. The highest BCUT2D eigenvalue weighted by Gasteiger charge is 2.22. The van der Waals surface area contributed by atoms with E-state index in [0.29, 0.717) is 17.3 Å². The maximum absolute atomic E-state index is 6.12. The number of nitrogens with two attached hydrogens (primary N) is 1. The number of thiophene rings is 1. The summed E-state index contributed by atoms with van der Waals surface area (Å²) < 4.78 is 0. The van der Waals surface area contributed by atoms with Gasteiger partial charge in [0.1, 0.15) is 5.52 Å². The lowest BCUT2D eigenvalue weighted by molar-refractivity contribution is 0.401. The molecule has 6 nitrogen and oxygen atoms in total. The number of hydrogen-bond acceptors (Lipinski definition) is 6. The van der Waals surface area contributed by atoms with Crippen LogP contribution in [0.5, 0.6) is 0 Å². The number of aromatic nitrogens is 4. The van der Waals surface area contributed by atoms with Gasteiger partial charge < -0.3 is 15.6 Å². The molecule has 3 aromatic heterocycles. The Labute approximate surface area is 138 Å². The van der Waals surface area contributed by atoms with E-state index < -0.39 is 0 Å². The number of fused-ring (bicyclic) bond motifs is 1. The van der Waals surface area contributed by atoms with Crippen LogP contribution in [-0.4, -0.2) is 33.0 Å². The van der Waals surface area contributed by atoms with E-state index >= 15 is 0 Å². The third-order valence-corrected chi connectivity index (χ3v) is 5.37. The lowest BCUT2D eigenvalue weighted by atomic mass is 9.96. The van der Waals surface area contributed by atoms with Crippen molar-refractivity contribution < 1.29 is 0 Å². The summed E-state index contributed by atoms with van der Waals surface area (Å²) in [4.78, 5) is 20.3. The fraction of sp³-hybridized carbons (Fsp3) is 0.438. The van der Waals surface area contributed by atoms with Crippen LogP contribution < -0.4 is 10.6 Å². The van der Waals surface area contributed by atoms with Crippen molar-refractivity contribution in [2.75, 3.05) is 23.7 Å². The monoisotopic (exact) mass is 328 g/mol. The summed E-state index contributed by atoms with van der Waals surface area (Å²) in [6.45, 7) is 4.33. The lowest BCUT2D eigenvalue weighted by Gasteiger charge is -2.31. The van der Waals surface area contributed by atoms with Gasteiger partial charge in [0.2, 0.25) is 5.95 Å². The fourth-order valence-corrected chi connectivity index (χ4v) is 3.82. The molecule has 3 aromatic rings. The maximum Gasteiger partial charge on any atom is 0.205 e. The van der Waals surface area contributed by atoms with Gasteiger partial charge in [-0.15, -0.1) is 11.3 Å². The zero-order valence-corrected chi connectivity index (χ0v) is 13.9. The first kappa shape index (κ1) is 14.4. The largest absolute Gasteiger partial charge is 0.382 e. The summed E-state index contributed by atoms with van der Waals surface area (Å²) in [5.41, 5.74) is 7.51. The molecule has 3 N–H and O–H groups in total. The number of aromatic amines is 1. The zero-order chi connectivity index (χ0) is 15.8. The van der Waals surface area contributed by atoms with Crippen LogP contribution in [0.3, 0.4) is 0 Å². The maximum atomic E-state index is 6.12. The summed E-state index contributed by atoms with van der Waals surface area (Å²) in [7, 11) is 0. The molecule has 0 bridgehead atoms. The smallest absolute Gasteiger partial charge is 0.205 e. The molecule has 0 aliphatic carbocycles. The van der Waals surface area contributed by atoms with Crippen LogP contribution in [0.1, 0.15) is 26.2 Å². The van der Waals surface area contributed by atoms with Crippen LogP contribution in [0.4, 0.5) is 11.8 Å². The van der Waals surface area contributed by atoms with Crippen LogP contribution in [0.25, 0.3) is 21.9 Å². The number of H-pyrrole nitrogens is 1. The van der Waals surface area contributed by atoms with Gasteiger partial charge in [-0.1, -0.05) is 19.4 Å². The highest BCUT2D eigenvalue weighted by atomic mass is 32.1. The summed E-state index contributed by atoms with van der Waals surface area (Å²) >= 11 is 1.60. The first-order valence-corrected chi connectivity index (χ1v) is 8.94. The van der Waals surface area contributed by atoms with Crippen LogP contribution >= 0.6 is 11.3 Å². The summed E-state index contributed by atoms with van der Waals surface area (Å²) in [5.74, 6) is 2.71. The molecule has 1 aliphatic heterocycles. The van der Waals surface area contributed by atoms with Crippen LogP contribution in [0.15, 0.2) is 17.5 Å². The SMILES string of the molecule is CCC1CCCN(c2nc3nc(-c4cccs4)nc(N)c3[nH]2)C1. The molecule has 1 atom stereocenters. The normalized spacial score (nSPS) is 18.7. The van der Waals surface area contributed by atoms with E-state index in [1.807, 2.05) is 17.5 Å². The van der Waals surface area contributed by atoms with Gasteiger partial charge in [-0.2, -0.15) is 4.98 Å². The molecular formula is C16H20N6S. The molecule has 7 heteroatoms. The molecule has 4 rings (SSSR count). The minimum atomic E-state index is 0.459. The molecule has 0 aromatic carbocycles. The van der Waals surface area contributed by atoms with Crippen molar-refractivity contribution >= 4 is 34.3 Å². The van der Waals surface area contributed by atoms with E-state index in [-0.39, 0.29) is 0 Å². The zero-order valence-electron chi connectivity index (χ0n) is 13.1. The summed E-state index contributed by atoms with van der Waals surface area (Å²) in [6, 6.07) is 3.98. The van der Waals surface area contributed by atoms with Gasteiger partial charge in [0, 0.05) is 13.1 Å². The van der Waals surface area contributed by atoms with Crippen molar-refractivity contribution in [3.05, 3.63) is 17.5 Å². The van der Waals surface area contributed by atoms with Gasteiger partial charge in [0.25, 0.3) is 0 Å². The Bertz CT molecular complexity index is 809. The number of rotatable bonds is 3. The molecule has 1 fully saturated rings. The molecule has 1 saturated heterocycles. The molecule has 1 aliphatic rings. The quantitative estimate of drug-likeness (QED) is 0.771. The predicted octanol–water partition coefficient (Wildman–Crippen LogP) is 3.29. The molecule has 0 spiro atoms. The van der Waals surface area contributed by atoms with Crippen molar-refractivity contribution in [2.45, 2.75) is 26.2 Å². The molecule has 120 valence electrons. The fourth-order valence-electron chi connectivity index (χ4n) is 3.16. The molecule has 1 unspecified atom stereocenters. The van der Waals surface area contributed by atoms with Gasteiger partial charge in [-0.3, -0.25) is 0 Å². The molecule has 0 radical (unpaired) electrons. The van der Waals surface area contributed by atoms with Crippen molar-refractivity contribution in [3.8, 4) is 10.7 Å². The Morgan fingerprint density at radius 3 is 3.09 bits per heavy atom. The van der Waals surface area contributed by atoms with Gasteiger partial charge in [-0.05, 0) is 30.2 Å². The van der Waals surface area contributed by atoms with E-state index in [1.165, 1.54) is 19.3 Å². The lowest BCUT2D eigenvalue weighted by Crippen LogP contribution is -2.35. The summed E-state index contributed by atoms with van der Waals surface area (Å²) in [5, 5.41) is 2.01. The molecular weight excluding hydrogens is 308 g/mol. The Kier molecular flexibility index (Phi) is 3.65. The van der Waals surface area contributed by atoms with Gasteiger partial charge in [0.15, 0.2) is 17.3 Å². The number of piperidine rings is 1. The van der Waals surface area contributed by atoms with E-state index in [9.17, 15) is 0 Å². The highest BCUT2D eigenvalue weighted by molar-refractivity contribution is 7.13. The average Bonchev–Trinajstić information content (AvgIpc) is 3.24. The first-order valence-electron chi connectivity index (χ1n) is 8.06. The number of anilines is 2. The molecule has 4 heterocycles. The Balaban J connectivity index is 1.71. The van der Waals surface area contributed by atoms with Crippen molar-refractivity contribution in [3.63, 3.8) is 0 Å². The van der Waals surface area contributed by atoms with Crippen molar-refractivity contribution in [2.24, 2.45) is 5.92 Å². The number of hydrogen-bond donors (Lipinski definition) is 2. The number of nitrogen functional groups attached to an aromatic ring is 1. The van der Waals surface area contributed by atoms with E-state index in [4.69, 9.17) is 5.73 Å². The highest BCUT2D eigenvalue weighted by Crippen LogP contribution is 2.28. The van der Waals surface area contributed by atoms with Crippen LogP contribution in [-0.2, 0) is 0 Å². The van der Waals surface area contributed by atoms with E-state index in [0.717, 1.165) is 35.3 Å². The number of imidazole rings is 1. The first-order chi connectivity index (χ1) is 11.2. The summed E-state index contributed by atoms with van der Waals surface area (Å²) in [6.07, 6.45) is 3.72. The van der Waals surface area contributed by atoms with E-state index in [2.05, 4.69) is 31.8 Å². The minimum absolute atomic E-state index is 0.459. The molecule has 23 heavy (non-hydrogen) atoms. The standard InChI is InChI=1S/C16H20N6S/c1-2-10-5-3-7-22(9-10)16-18-12-13(17)19-14(20-15(12)21-16)11-6-4-8-23-11/h4,6,8,10H,2-3,5,7,9H2,1H3,(H3,17,18,19,20,21). The Morgan fingerprint density at radius 1 is 1.39 bits per heavy atom. The number of nitrogens with one attached hydrogen (secondary N) is 1. The molecule has 0 saturated carbocycles. The van der Waals surface area contributed by atoms with Gasteiger partial charge >= 0.3 is 0 Å². The van der Waals surface area contributed by atoms with Crippen molar-refractivity contribution in [1.29, 1.82) is 0 Å². The van der Waals surface area contributed by atoms with Crippen LogP contribution in [0, 0.1) is 5.92 Å². The number of nitrogens with zero attached hydrogens (tertiary/aromatic N) is 4. The van der Waals surface area contributed by atoms with Crippen molar-refractivity contribution in [1.82, 2.24) is 19.9 Å². The minimum Gasteiger partial charge on any atom is -0.382 e. The van der Waals surface area contributed by atoms with E-state index in [1.54, 1.807) is 11.3 Å². The second-order valence-electron chi connectivity index (χ2n) is 6.03. The van der Waals surface area contributed by atoms with Crippen LogP contribution in [0.2, 0.25) is 0 Å². The topological polar surface area (TPSA) is 83.7 Å². The predicted molar refractivity (Wildman–Crippen MR) is 94.6 cm³/mol.